The number of carbonyl (C=O) groups is 2. The number of carbonyl (C=O) groups excluding carboxylic acids is 2. The number of amides is 2. The van der Waals surface area contributed by atoms with E-state index in [4.69, 9.17) is 9.47 Å². The fourth-order valence-electron chi connectivity index (χ4n) is 3.87. The number of hydrogen-bond acceptors (Lipinski definition) is 4. The zero-order chi connectivity index (χ0) is 20.9. The highest BCUT2D eigenvalue weighted by atomic mass is 16.7. The molecular weight excluding hydrogens is 382 g/mol. The van der Waals surface area contributed by atoms with Crippen molar-refractivity contribution in [2.75, 3.05) is 38.3 Å². The molecule has 2 aromatic carbocycles. The summed E-state index contributed by atoms with van der Waals surface area (Å²) in [5.74, 6) is 1.66. The first-order valence-electron chi connectivity index (χ1n) is 10.5. The molecule has 7 nitrogen and oxygen atoms in total. The molecule has 4 rings (SSSR count). The van der Waals surface area contributed by atoms with Crippen LogP contribution >= 0.6 is 0 Å². The van der Waals surface area contributed by atoms with Gasteiger partial charge in [-0.2, -0.15) is 0 Å². The second kappa shape index (κ2) is 9.17. The largest absolute Gasteiger partial charge is 0.454 e. The standard InChI is InChI=1S/C23H27N3O4/c1-2-3-22(27)24-19-7-5-18(6-8-19)23(28)26-12-10-25(11-13-26)15-17-4-9-20-21(14-17)30-16-29-20/h4-9,14H,2-3,10-13,15-16H2,1H3,(H,24,27)/p+1. The average Bonchev–Trinajstić information content (AvgIpc) is 3.22. The Morgan fingerprint density at radius 1 is 1.03 bits per heavy atom. The number of benzene rings is 2. The maximum atomic E-state index is 12.8. The normalized spacial score (nSPS) is 15.8. The molecule has 2 amide bonds. The van der Waals surface area contributed by atoms with E-state index in [0.29, 0.717) is 18.8 Å². The Hall–Kier alpha value is -3.06. The third kappa shape index (κ3) is 4.74. The summed E-state index contributed by atoms with van der Waals surface area (Å²) in [6, 6.07) is 13.3. The molecule has 0 radical (unpaired) electrons. The van der Waals surface area contributed by atoms with E-state index in [2.05, 4.69) is 11.4 Å². The van der Waals surface area contributed by atoms with Gasteiger partial charge in [0.1, 0.15) is 6.54 Å². The van der Waals surface area contributed by atoms with E-state index in [-0.39, 0.29) is 11.8 Å². The van der Waals surface area contributed by atoms with Gasteiger partial charge in [-0.25, -0.2) is 0 Å². The summed E-state index contributed by atoms with van der Waals surface area (Å²) in [5.41, 5.74) is 2.60. The molecule has 1 saturated heterocycles. The second-order valence-corrected chi connectivity index (χ2v) is 7.78. The van der Waals surface area contributed by atoms with Crippen molar-refractivity contribution in [1.29, 1.82) is 0 Å². The molecule has 0 spiro atoms. The van der Waals surface area contributed by atoms with Crippen molar-refractivity contribution in [1.82, 2.24) is 4.90 Å². The van der Waals surface area contributed by atoms with Gasteiger partial charge in [0, 0.05) is 23.2 Å². The zero-order valence-corrected chi connectivity index (χ0v) is 17.3. The zero-order valence-electron chi connectivity index (χ0n) is 17.3. The Labute approximate surface area is 176 Å². The second-order valence-electron chi connectivity index (χ2n) is 7.78. The van der Waals surface area contributed by atoms with E-state index in [1.54, 1.807) is 24.3 Å². The molecule has 2 aliphatic rings. The molecule has 0 atom stereocenters. The molecule has 2 heterocycles. The topological polar surface area (TPSA) is 72.3 Å². The lowest BCUT2D eigenvalue weighted by Gasteiger charge is -2.32. The summed E-state index contributed by atoms with van der Waals surface area (Å²) in [6.07, 6.45) is 1.31. The van der Waals surface area contributed by atoms with Crippen molar-refractivity contribution in [3.8, 4) is 11.5 Å². The smallest absolute Gasteiger partial charge is 0.254 e. The lowest BCUT2D eigenvalue weighted by atomic mass is 10.1. The van der Waals surface area contributed by atoms with Crippen LogP contribution in [0.2, 0.25) is 0 Å². The summed E-state index contributed by atoms with van der Waals surface area (Å²) < 4.78 is 10.8. The van der Waals surface area contributed by atoms with Gasteiger partial charge in [-0.1, -0.05) is 6.92 Å². The van der Waals surface area contributed by atoms with Crippen molar-refractivity contribution in [2.24, 2.45) is 0 Å². The minimum absolute atomic E-state index is 0.00173. The summed E-state index contributed by atoms with van der Waals surface area (Å²) in [5, 5.41) is 2.85. The number of rotatable bonds is 6. The van der Waals surface area contributed by atoms with Gasteiger partial charge in [0.15, 0.2) is 11.5 Å². The van der Waals surface area contributed by atoms with Gasteiger partial charge in [-0.3, -0.25) is 9.59 Å². The van der Waals surface area contributed by atoms with Crippen LogP contribution < -0.4 is 19.7 Å². The highest BCUT2D eigenvalue weighted by Gasteiger charge is 2.25. The highest BCUT2D eigenvalue weighted by Crippen LogP contribution is 2.32. The molecule has 2 aliphatic heterocycles. The molecular formula is C23H28N3O4+. The van der Waals surface area contributed by atoms with Crippen LogP contribution in [0.25, 0.3) is 0 Å². The number of ether oxygens (including phenoxy) is 2. The molecule has 0 saturated carbocycles. The highest BCUT2D eigenvalue weighted by molar-refractivity contribution is 5.95. The first kappa shape index (κ1) is 20.2. The lowest BCUT2D eigenvalue weighted by molar-refractivity contribution is -0.917. The Balaban J connectivity index is 1.28. The van der Waals surface area contributed by atoms with Crippen LogP contribution in [0, 0.1) is 0 Å². The Kier molecular flexibility index (Phi) is 6.18. The van der Waals surface area contributed by atoms with Crippen molar-refractivity contribution >= 4 is 17.5 Å². The van der Waals surface area contributed by atoms with Crippen LogP contribution in [0.15, 0.2) is 42.5 Å². The predicted octanol–water partition coefficient (Wildman–Crippen LogP) is 1.69. The molecule has 30 heavy (non-hydrogen) atoms. The minimum Gasteiger partial charge on any atom is -0.454 e. The van der Waals surface area contributed by atoms with Crippen molar-refractivity contribution < 1.29 is 24.0 Å². The van der Waals surface area contributed by atoms with Crippen molar-refractivity contribution in [3.63, 3.8) is 0 Å². The summed E-state index contributed by atoms with van der Waals surface area (Å²) in [4.78, 5) is 27.9. The van der Waals surface area contributed by atoms with Crippen molar-refractivity contribution in [2.45, 2.75) is 26.3 Å². The number of fused-ring (bicyclic) bond motifs is 1. The van der Waals surface area contributed by atoms with Gasteiger partial charge in [-0.15, -0.1) is 0 Å². The third-order valence-corrected chi connectivity index (χ3v) is 5.54. The summed E-state index contributed by atoms with van der Waals surface area (Å²) >= 11 is 0. The fourth-order valence-corrected chi connectivity index (χ4v) is 3.87. The number of hydrogen-bond donors (Lipinski definition) is 2. The maximum absolute atomic E-state index is 12.8. The molecule has 0 aromatic heterocycles. The monoisotopic (exact) mass is 410 g/mol. The van der Waals surface area contributed by atoms with Crippen LogP contribution in [0.4, 0.5) is 5.69 Å². The molecule has 0 unspecified atom stereocenters. The summed E-state index contributed by atoms with van der Waals surface area (Å²) in [6.45, 7) is 6.44. The van der Waals surface area contributed by atoms with E-state index in [1.165, 1.54) is 10.5 Å². The van der Waals surface area contributed by atoms with Gasteiger partial charge >= 0.3 is 0 Å². The van der Waals surface area contributed by atoms with E-state index in [0.717, 1.165) is 56.3 Å². The van der Waals surface area contributed by atoms with Crippen molar-refractivity contribution in [3.05, 3.63) is 53.6 Å². The minimum atomic E-state index is -0.00173. The molecule has 158 valence electrons. The molecule has 2 N–H and O–H groups in total. The summed E-state index contributed by atoms with van der Waals surface area (Å²) in [7, 11) is 0. The Morgan fingerprint density at radius 3 is 2.50 bits per heavy atom. The molecule has 0 aliphatic carbocycles. The third-order valence-electron chi connectivity index (χ3n) is 5.54. The molecule has 1 fully saturated rings. The van der Waals surface area contributed by atoms with Gasteiger partial charge < -0.3 is 24.6 Å². The maximum Gasteiger partial charge on any atom is 0.254 e. The number of nitrogens with zero attached hydrogens (tertiary/aromatic N) is 1. The molecule has 2 aromatic rings. The van der Waals surface area contributed by atoms with Crippen LogP contribution in [-0.4, -0.2) is 49.7 Å². The fraction of sp³-hybridized carbons (Fsp3) is 0.391. The number of quaternary nitrogens is 1. The number of piperazine rings is 1. The van der Waals surface area contributed by atoms with Crippen LogP contribution in [0.5, 0.6) is 11.5 Å². The number of nitrogens with one attached hydrogen (secondary N) is 2. The SMILES string of the molecule is CCCC(=O)Nc1ccc(C(=O)N2CC[NH+](Cc3ccc4c(c3)OCO4)CC2)cc1. The Morgan fingerprint density at radius 2 is 1.77 bits per heavy atom. The van der Waals surface area contributed by atoms with Crippen LogP contribution in [0.3, 0.4) is 0 Å². The van der Waals surface area contributed by atoms with E-state index in [9.17, 15) is 9.59 Å². The molecule has 0 bridgehead atoms. The van der Waals surface area contributed by atoms with Crippen LogP contribution in [-0.2, 0) is 11.3 Å². The van der Waals surface area contributed by atoms with Gasteiger partial charge in [0.2, 0.25) is 12.7 Å². The first-order chi connectivity index (χ1) is 14.6. The quantitative estimate of drug-likeness (QED) is 0.760. The van der Waals surface area contributed by atoms with E-state index in [1.807, 2.05) is 24.0 Å². The lowest BCUT2D eigenvalue weighted by Crippen LogP contribution is -3.13. The van der Waals surface area contributed by atoms with E-state index >= 15 is 0 Å². The average molecular weight is 410 g/mol. The number of anilines is 1. The predicted molar refractivity (Wildman–Crippen MR) is 113 cm³/mol. The van der Waals surface area contributed by atoms with E-state index < -0.39 is 0 Å². The van der Waals surface area contributed by atoms with Gasteiger partial charge in [0.05, 0.1) is 26.2 Å². The molecule has 7 heteroatoms. The Bertz CT molecular complexity index is 905. The van der Waals surface area contributed by atoms with Gasteiger partial charge in [0.25, 0.3) is 5.91 Å². The van der Waals surface area contributed by atoms with Gasteiger partial charge in [-0.05, 0) is 48.9 Å². The van der Waals surface area contributed by atoms with Crippen LogP contribution in [0.1, 0.15) is 35.7 Å². The first-order valence-corrected chi connectivity index (χ1v) is 10.5.